The molecule has 0 aromatic carbocycles. The van der Waals surface area contributed by atoms with Gasteiger partial charge in [0.25, 0.3) is 0 Å². The molecule has 0 aliphatic carbocycles. The molecule has 1 aromatic heterocycles. The van der Waals surface area contributed by atoms with Gasteiger partial charge in [0.15, 0.2) is 5.60 Å². The van der Waals surface area contributed by atoms with E-state index in [2.05, 4.69) is 4.98 Å². The molecular formula is C11H12ClF3N2O. The molecule has 0 bridgehead atoms. The van der Waals surface area contributed by atoms with Gasteiger partial charge in [-0.05, 0) is 19.1 Å². The van der Waals surface area contributed by atoms with Crippen LogP contribution in [0.15, 0.2) is 18.3 Å². The van der Waals surface area contributed by atoms with E-state index in [4.69, 9.17) is 16.3 Å². The zero-order valence-corrected chi connectivity index (χ0v) is 10.4. The van der Waals surface area contributed by atoms with Crippen LogP contribution in [0.4, 0.5) is 18.9 Å². The number of nitrogens with zero attached hydrogens (tertiary/aromatic N) is 2. The highest BCUT2D eigenvalue weighted by Crippen LogP contribution is 2.37. The van der Waals surface area contributed by atoms with Gasteiger partial charge < -0.3 is 9.64 Å². The first kappa shape index (κ1) is 13.4. The van der Waals surface area contributed by atoms with Crippen molar-refractivity contribution in [1.82, 2.24) is 4.98 Å². The number of morpholine rings is 1. The van der Waals surface area contributed by atoms with Crippen molar-refractivity contribution in [3.8, 4) is 0 Å². The Morgan fingerprint density at radius 2 is 2.22 bits per heavy atom. The zero-order valence-electron chi connectivity index (χ0n) is 9.67. The molecule has 1 aliphatic rings. The Morgan fingerprint density at radius 1 is 1.50 bits per heavy atom. The fourth-order valence-corrected chi connectivity index (χ4v) is 2.02. The third kappa shape index (κ3) is 2.54. The highest BCUT2D eigenvalue weighted by molar-refractivity contribution is 6.29. The molecule has 2 rings (SSSR count). The van der Waals surface area contributed by atoms with E-state index in [9.17, 15) is 13.2 Å². The van der Waals surface area contributed by atoms with Crippen LogP contribution in [0.25, 0.3) is 0 Å². The Balaban J connectivity index is 2.22. The number of halogens is 4. The molecule has 3 nitrogen and oxygen atoms in total. The minimum atomic E-state index is -4.40. The maximum atomic E-state index is 12.9. The molecule has 2 heterocycles. The Kier molecular flexibility index (Phi) is 3.42. The zero-order chi connectivity index (χ0) is 13.4. The number of aromatic nitrogens is 1. The van der Waals surface area contributed by atoms with Crippen LogP contribution in [-0.4, -0.2) is 36.5 Å². The number of alkyl halides is 3. The van der Waals surface area contributed by atoms with Crippen molar-refractivity contribution in [2.75, 3.05) is 24.6 Å². The van der Waals surface area contributed by atoms with E-state index in [1.807, 2.05) is 0 Å². The smallest absolute Gasteiger partial charge is 0.366 e. The van der Waals surface area contributed by atoms with Crippen molar-refractivity contribution in [1.29, 1.82) is 0 Å². The van der Waals surface area contributed by atoms with Gasteiger partial charge >= 0.3 is 6.18 Å². The van der Waals surface area contributed by atoms with Crippen LogP contribution < -0.4 is 4.90 Å². The fourth-order valence-electron chi connectivity index (χ4n) is 1.85. The minimum Gasteiger partial charge on any atom is -0.366 e. The Labute approximate surface area is 108 Å². The van der Waals surface area contributed by atoms with E-state index in [1.165, 1.54) is 6.20 Å². The largest absolute Gasteiger partial charge is 0.418 e. The van der Waals surface area contributed by atoms with Crippen LogP contribution in [0, 0.1) is 0 Å². The number of ether oxygens (including phenoxy) is 1. The van der Waals surface area contributed by atoms with E-state index in [1.54, 1.807) is 17.0 Å². The summed E-state index contributed by atoms with van der Waals surface area (Å²) >= 11 is 5.73. The number of pyridine rings is 1. The summed E-state index contributed by atoms with van der Waals surface area (Å²) in [6.45, 7) is 1.22. The average molecular weight is 281 g/mol. The molecular weight excluding hydrogens is 269 g/mol. The minimum absolute atomic E-state index is 0.0238. The van der Waals surface area contributed by atoms with E-state index in [0.29, 0.717) is 12.2 Å². The Morgan fingerprint density at radius 3 is 2.83 bits per heavy atom. The summed E-state index contributed by atoms with van der Waals surface area (Å²) in [6, 6.07) is 3.18. The van der Waals surface area contributed by atoms with E-state index >= 15 is 0 Å². The molecule has 18 heavy (non-hydrogen) atoms. The molecule has 1 saturated heterocycles. The summed E-state index contributed by atoms with van der Waals surface area (Å²) in [4.78, 5) is 5.41. The van der Waals surface area contributed by atoms with E-state index < -0.39 is 11.8 Å². The van der Waals surface area contributed by atoms with Gasteiger partial charge in [-0.25, -0.2) is 4.98 Å². The number of rotatable bonds is 1. The fraction of sp³-hybridized carbons (Fsp3) is 0.545. The first-order valence-electron chi connectivity index (χ1n) is 5.39. The molecule has 0 N–H and O–H groups in total. The lowest BCUT2D eigenvalue weighted by Crippen LogP contribution is -2.58. The normalized spacial score (nSPS) is 25.3. The summed E-state index contributed by atoms with van der Waals surface area (Å²) in [7, 11) is 0. The van der Waals surface area contributed by atoms with Crippen molar-refractivity contribution in [2.45, 2.75) is 18.7 Å². The van der Waals surface area contributed by atoms with Crippen LogP contribution in [0.3, 0.4) is 0 Å². The first-order chi connectivity index (χ1) is 8.32. The third-order valence-corrected chi connectivity index (χ3v) is 3.16. The second-order valence-electron chi connectivity index (χ2n) is 4.34. The third-order valence-electron chi connectivity index (χ3n) is 2.95. The molecule has 0 radical (unpaired) electrons. The summed E-state index contributed by atoms with van der Waals surface area (Å²) < 4.78 is 43.6. The summed E-state index contributed by atoms with van der Waals surface area (Å²) in [6.07, 6.45) is -2.93. The lowest BCUT2D eigenvalue weighted by atomic mass is 10.0. The van der Waals surface area contributed by atoms with Gasteiger partial charge in [-0.2, -0.15) is 13.2 Å². The van der Waals surface area contributed by atoms with E-state index in [0.717, 1.165) is 6.92 Å². The maximum Gasteiger partial charge on any atom is 0.418 e. The topological polar surface area (TPSA) is 25.4 Å². The van der Waals surface area contributed by atoms with Gasteiger partial charge in [-0.1, -0.05) is 11.6 Å². The summed E-state index contributed by atoms with van der Waals surface area (Å²) in [5.74, 6) is 0. The first-order valence-corrected chi connectivity index (χ1v) is 5.77. The van der Waals surface area contributed by atoms with Crippen molar-refractivity contribution in [3.63, 3.8) is 0 Å². The van der Waals surface area contributed by atoms with Gasteiger partial charge in [0, 0.05) is 18.4 Å². The number of hydrogen-bond donors (Lipinski definition) is 0. The Bertz CT molecular complexity index is 441. The Hall–Kier alpha value is -1.01. The average Bonchev–Trinajstić information content (AvgIpc) is 2.27. The second-order valence-corrected chi connectivity index (χ2v) is 4.72. The molecule has 1 aromatic rings. The van der Waals surface area contributed by atoms with Gasteiger partial charge in [0.05, 0.1) is 13.2 Å². The van der Waals surface area contributed by atoms with Crippen LogP contribution in [0.5, 0.6) is 0 Å². The summed E-state index contributed by atoms with van der Waals surface area (Å²) in [5, 5.41) is 0.257. The molecule has 1 aliphatic heterocycles. The molecule has 1 atom stereocenters. The van der Waals surface area contributed by atoms with Crippen LogP contribution in [0.1, 0.15) is 6.92 Å². The SMILES string of the molecule is CC1(C(F)(F)F)CN(c2ccnc(Cl)c2)CCO1. The van der Waals surface area contributed by atoms with Crippen LogP contribution in [0.2, 0.25) is 5.15 Å². The number of hydrogen-bond acceptors (Lipinski definition) is 3. The predicted octanol–water partition coefficient (Wildman–Crippen LogP) is 2.89. The van der Waals surface area contributed by atoms with Crippen molar-refractivity contribution in [3.05, 3.63) is 23.5 Å². The molecule has 1 unspecified atom stereocenters. The van der Waals surface area contributed by atoms with Crippen LogP contribution >= 0.6 is 11.6 Å². The molecule has 0 saturated carbocycles. The van der Waals surface area contributed by atoms with Gasteiger partial charge in [-0.15, -0.1) is 0 Å². The van der Waals surface area contributed by atoms with Gasteiger partial charge in [0.1, 0.15) is 5.15 Å². The molecule has 7 heteroatoms. The van der Waals surface area contributed by atoms with Gasteiger partial charge in [0.2, 0.25) is 0 Å². The quantitative estimate of drug-likeness (QED) is 0.740. The number of anilines is 1. The lowest BCUT2D eigenvalue weighted by molar-refractivity contribution is -0.272. The molecule has 0 spiro atoms. The van der Waals surface area contributed by atoms with Gasteiger partial charge in [-0.3, -0.25) is 0 Å². The maximum absolute atomic E-state index is 12.9. The molecule has 1 fully saturated rings. The highest BCUT2D eigenvalue weighted by Gasteiger charge is 2.54. The lowest BCUT2D eigenvalue weighted by Gasteiger charge is -2.42. The highest BCUT2D eigenvalue weighted by atomic mass is 35.5. The predicted molar refractivity (Wildman–Crippen MR) is 61.9 cm³/mol. The van der Waals surface area contributed by atoms with Crippen LogP contribution in [-0.2, 0) is 4.74 Å². The summed E-state index contributed by atoms with van der Waals surface area (Å²) in [5.41, 5.74) is -1.53. The van der Waals surface area contributed by atoms with Crippen molar-refractivity contribution in [2.24, 2.45) is 0 Å². The van der Waals surface area contributed by atoms with Crippen molar-refractivity contribution < 1.29 is 17.9 Å². The van der Waals surface area contributed by atoms with E-state index in [-0.39, 0.29) is 18.3 Å². The second kappa shape index (κ2) is 4.59. The standard InChI is InChI=1S/C11H12ClF3N2O/c1-10(11(13,14)15)7-17(4-5-18-10)8-2-3-16-9(12)6-8/h2-3,6H,4-5,7H2,1H3. The van der Waals surface area contributed by atoms with Crippen molar-refractivity contribution >= 4 is 17.3 Å². The molecule has 100 valence electrons. The molecule has 0 amide bonds. The monoisotopic (exact) mass is 280 g/mol.